The summed E-state index contributed by atoms with van der Waals surface area (Å²) in [5.74, 6) is 2.06. The van der Waals surface area contributed by atoms with Crippen LogP contribution in [-0.4, -0.2) is 12.2 Å². The lowest BCUT2D eigenvalue weighted by Crippen LogP contribution is -2.02. The third kappa shape index (κ3) is 2.37. The van der Waals surface area contributed by atoms with Crippen molar-refractivity contribution in [2.75, 3.05) is 7.11 Å². The van der Waals surface area contributed by atoms with E-state index in [2.05, 4.69) is 0 Å². The first-order valence-corrected chi connectivity index (χ1v) is 5.99. The topological polar surface area (TPSA) is 42.6 Å². The molecule has 0 aliphatic carbocycles. The number of hydrogen-bond acceptors (Lipinski definition) is 3. The summed E-state index contributed by atoms with van der Waals surface area (Å²) in [6.07, 6.45) is -0.809. The molecule has 1 heterocycles. The maximum absolute atomic E-state index is 10.4. The van der Waals surface area contributed by atoms with E-state index in [1.807, 2.05) is 19.9 Å². The van der Waals surface area contributed by atoms with Gasteiger partial charge in [-0.1, -0.05) is 11.6 Å². The van der Waals surface area contributed by atoms with E-state index in [0.29, 0.717) is 22.1 Å². The maximum Gasteiger partial charge on any atom is 0.125 e. The van der Waals surface area contributed by atoms with Crippen molar-refractivity contribution in [3.8, 4) is 5.75 Å². The zero-order chi connectivity index (χ0) is 13.3. The highest BCUT2D eigenvalue weighted by Crippen LogP contribution is 2.34. The molecule has 18 heavy (non-hydrogen) atoms. The monoisotopic (exact) mass is 266 g/mol. The van der Waals surface area contributed by atoms with Crippen LogP contribution >= 0.6 is 11.6 Å². The van der Waals surface area contributed by atoms with Crippen molar-refractivity contribution in [1.82, 2.24) is 0 Å². The van der Waals surface area contributed by atoms with Gasteiger partial charge in [0.2, 0.25) is 0 Å². The number of aliphatic hydroxyl groups is 1. The van der Waals surface area contributed by atoms with Gasteiger partial charge in [0.25, 0.3) is 0 Å². The van der Waals surface area contributed by atoms with Crippen molar-refractivity contribution >= 4 is 11.6 Å². The van der Waals surface area contributed by atoms with Gasteiger partial charge in [-0.05, 0) is 38.1 Å². The number of benzene rings is 1. The smallest absolute Gasteiger partial charge is 0.125 e. The van der Waals surface area contributed by atoms with E-state index in [4.69, 9.17) is 20.8 Å². The van der Waals surface area contributed by atoms with E-state index in [1.165, 1.54) is 0 Å². The Balaban J connectivity index is 2.48. The molecule has 2 aromatic rings. The number of methoxy groups -OCH3 is 1. The number of aryl methyl sites for hydroxylation is 2. The summed E-state index contributed by atoms with van der Waals surface area (Å²) in [7, 11) is 1.56. The summed E-state index contributed by atoms with van der Waals surface area (Å²) in [6.45, 7) is 3.67. The molecule has 0 radical (unpaired) electrons. The fourth-order valence-corrected chi connectivity index (χ4v) is 2.19. The van der Waals surface area contributed by atoms with Crippen LogP contribution in [0.2, 0.25) is 5.02 Å². The molecule has 0 saturated carbocycles. The molecule has 1 atom stereocenters. The van der Waals surface area contributed by atoms with Crippen LogP contribution in [0.3, 0.4) is 0 Å². The number of hydrogen-bond donors (Lipinski definition) is 1. The van der Waals surface area contributed by atoms with Crippen molar-refractivity contribution in [3.63, 3.8) is 0 Å². The lowest BCUT2D eigenvalue weighted by atomic mass is 10.0. The number of aliphatic hydroxyl groups excluding tert-OH is 1. The first-order valence-electron chi connectivity index (χ1n) is 5.61. The molecule has 1 unspecified atom stereocenters. The molecule has 0 fully saturated rings. The summed E-state index contributed by atoms with van der Waals surface area (Å²) in [4.78, 5) is 0. The number of furan rings is 1. The molecule has 4 heteroatoms. The maximum atomic E-state index is 10.4. The van der Waals surface area contributed by atoms with E-state index < -0.39 is 6.10 Å². The van der Waals surface area contributed by atoms with Gasteiger partial charge in [0.05, 0.1) is 7.11 Å². The van der Waals surface area contributed by atoms with Gasteiger partial charge in [0, 0.05) is 16.1 Å². The Kier molecular flexibility index (Phi) is 3.64. The van der Waals surface area contributed by atoms with Crippen molar-refractivity contribution in [2.45, 2.75) is 20.0 Å². The highest BCUT2D eigenvalue weighted by atomic mass is 35.5. The van der Waals surface area contributed by atoms with Crippen LogP contribution in [0.25, 0.3) is 0 Å². The number of rotatable bonds is 3. The number of halogens is 1. The van der Waals surface area contributed by atoms with Gasteiger partial charge in [0.1, 0.15) is 23.4 Å². The third-order valence-corrected chi connectivity index (χ3v) is 3.10. The van der Waals surface area contributed by atoms with Gasteiger partial charge < -0.3 is 14.3 Å². The molecule has 1 aromatic carbocycles. The van der Waals surface area contributed by atoms with Crippen LogP contribution in [0.4, 0.5) is 0 Å². The summed E-state index contributed by atoms with van der Waals surface area (Å²) < 4.78 is 10.7. The molecule has 0 amide bonds. The van der Waals surface area contributed by atoms with Crippen molar-refractivity contribution < 1.29 is 14.3 Å². The summed E-state index contributed by atoms with van der Waals surface area (Å²) in [6, 6.07) is 6.99. The second kappa shape index (κ2) is 5.04. The average Bonchev–Trinajstić information content (AvgIpc) is 2.67. The summed E-state index contributed by atoms with van der Waals surface area (Å²) in [5.41, 5.74) is 1.36. The standard InChI is InChI=1S/C14H15ClO3/c1-8-6-11(9(2)18-8)14(16)12-7-10(15)4-5-13(12)17-3/h4-7,14,16H,1-3H3. The predicted octanol–water partition coefficient (Wildman–Crippen LogP) is 3.64. The lowest BCUT2D eigenvalue weighted by molar-refractivity contribution is 0.212. The molecule has 1 N–H and O–H groups in total. The minimum absolute atomic E-state index is 0.558. The SMILES string of the molecule is COc1ccc(Cl)cc1C(O)c1cc(C)oc1C. The van der Waals surface area contributed by atoms with E-state index in [1.54, 1.807) is 25.3 Å². The van der Waals surface area contributed by atoms with Crippen LogP contribution < -0.4 is 4.74 Å². The Morgan fingerprint density at radius 2 is 1.94 bits per heavy atom. The Morgan fingerprint density at radius 1 is 1.22 bits per heavy atom. The Morgan fingerprint density at radius 3 is 2.50 bits per heavy atom. The van der Waals surface area contributed by atoms with E-state index in [0.717, 1.165) is 11.3 Å². The Labute approximate surface area is 111 Å². The molecule has 3 nitrogen and oxygen atoms in total. The van der Waals surface area contributed by atoms with Crippen LogP contribution in [-0.2, 0) is 0 Å². The molecule has 96 valence electrons. The van der Waals surface area contributed by atoms with Gasteiger partial charge in [-0.3, -0.25) is 0 Å². The molecule has 0 spiro atoms. The van der Waals surface area contributed by atoms with E-state index in [-0.39, 0.29) is 0 Å². The molecule has 0 saturated heterocycles. The molecule has 0 bridgehead atoms. The van der Waals surface area contributed by atoms with Gasteiger partial charge in [0.15, 0.2) is 0 Å². The fraction of sp³-hybridized carbons (Fsp3) is 0.286. The molecule has 1 aromatic heterocycles. The van der Waals surface area contributed by atoms with Crippen molar-refractivity contribution in [1.29, 1.82) is 0 Å². The van der Waals surface area contributed by atoms with Crippen LogP contribution in [0.15, 0.2) is 28.7 Å². The van der Waals surface area contributed by atoms with Crippen LogP contribution in [0, 0.1) is 13.8 Å². The minimum Gasteiger partial charge on any atom is -0.496 e. The van der Waals surface area contributed by atoms with Crippen LogP contribution in [0.5, 0.6) is 5.75 Å². The second-order valence-electron chi connectivity index (χ2n) is 4.16. The van der Waals surface area contributed by atoms with Crippen molar-refractivity contribution in [3.05, 3.63) is 51.9 Å². The molecule has 0 aliphatic heterocycles. The predicted molar refractivity (Wildman–Crippen MR) is 70.2 cm³/mol. The first-order chi connectivity index (χ1) is 8.52. The number of ether oxygens (including phenoxy) is 1. The minimum atomic E-state index is -0.809. The third-order valence-electron chi connectivity index (χ3n) is 2.86. The average molecular weight is 267 g/mol. The van der Waals surface area contributed by atoms with Gasteiger partial charge in [-0.2, -0.15) is 0 Å². The molecular weight excluding hydrogens is 252 g/mol. The summed E-state index contributed by atoms with van der Waals surface area (Å²) >= 11 is 5.96. The highest BCUT2D eigenvalue weighted by molar-refractivity contribution is 6.30. The van der Waals surface area contributed by atoms with E-state index >= 15 is 0 Å². The highest BCUT2D eigenvalue weighted by Gasteiger charge is 2.20. The molecule has 0 aliphatic rings. The van der Waals surface area contributed by atoms with Crippen LogP contribution in [0.1, 0.15) is 28.8 Å². The van der Waals surface area contributed by atoms with Gasteiger partial charge in [-0.25, -0.2) is 0 Å². The first kappa shape index (κ1) is 13.0. The normalized spacial score (nSPS) is 12.5. The molecule has 2 rings (SSSR count). The largest absolute Gasteiger partial charge is 0.496 e. The zero-order valence-electron chi connectivity index (χ0n) is 10.5. The quantitative estimate of drug-likeness (QED) is 0.922. The Hall–Kier alpha value is -1.45. The second-order valence-corrected chi connectivity index (χ2v) is 4.59. The lowest BCUT2D eigenvalue weighted by Gasteiger charge is -2.14. The molecular formula is C14H15ClO3. The van der Waals surface area contributed by atoms with Crippen molar-refractivity contribution in [2.24, 2.45) is 0 Å². The van der Waals surface area contributed by atoms with Gasteiger partial charge in [-0.15, -0.1) is 0 Å². The zero-order valence-corrected chi connectivity index (χ0v) is 11.3. The fourth-order valence-electron chi connectivity index (χ4n) is 2.01. The Bertz CT molecular complexity index is 560. The summed E-state index contributed by atoms with van der Waals surface area (Å²) in [5, 5.41) is 11.0. The van der Waals surface area contributed by atoms with E-state index in [9.17, 15) is 5.11 Å². The van der Waals surface area contributed by atoms with Gasteiger partial charge >= 0.3 is 0 Å².